The Bertz CT molecular complexity index is 833. The molecule has 0 N–H and O–H groups in total. The number of aryl methyl sites for hydroxylation is 2. The molecule has 20 heavy (non-hydrogen) atoms. The third kappa shape index (κ3) is 2.52. The third-order valence-corrected chi connectivity index (χ3v) is 5.10. The van der Waals surface area contributed by atoms with Gasteiger partial charge in [0.15, 0.2) is 0 Å². The number of hydrogen-bond donors (Lipinski definition) is 0. The van der Waals surface area contributed by atoms with Gasteiger partial charge in [-0.15, -0.1) is 11.3 Å². The molecular weight excluding hydrogens is 385 g/mol. The smallest absolute Gasteiger partial charge is 0.348 e. The number of thiophene rings is 1. The van der Waals surface area contributed by atoms with Crippen molar-refractivity contribution in [1.29, 1.82) is 0 Å². The van der Waals surface area contributed by atoms with Crippen molar-refractivity contribution in [3.63, 3.8) is 0 Å². The summed E-state index contributed by atoms with van der Waals surface area (Å²) in [6.07, 6.45) is 0.540. The van der Waals surface area contributed by atoms with Crippen molar-refractivity contribution in [2.75, 3.05) is 0 Å². The van der Waals surface area contributed by atoms with Crippen molar-refractivity contribution in [1.82, 2.24) is 4.98 Å². The Balaban J connectivity index is 2.05. The maximum absolute atomic E-state index is 12.1. The number of nitrogens with zero attached hydrogens (tertiary/aromatic N) is 1. The summed E-state index contributed by atoms with van der Waals surface area (Å²) in [6.45, 7) is 3.94. The van der Waals surface area contributed by atoms with E-state index in [1.807, 2.05) is 38.1 Å². The molecule has 2 aromatic heterocycles. The van der Waals surface area contributed by atoms with Crippen LogP contribution in [0.1, 0.15) is 21.9 Å². The lowest BCUT2D eigenvalue weighted by Crippen LogP contribution is -2.05. The molecule has 3 rings (SSSR count). The first-order valence-electron chi connectivity index (χ1n) is 6.19. The van der Waals surface area contributed by atoms with Gasteiger partial charge in [0.25, 0.3) is 0 Å². The van der Waals surface area contributed by atoms with Crippen LogP contribution in [-0.2, 0) is 6.42 Å². The van der Waals surface area contributed by atoms with Crippen LogP contribution in [0.4, 0.5) is 0 Å². The van der Waals surface area contributed by atoms with E-state index in [0.717, 1.165) is 20.8 Å². The van der Waals surface area contributed by atoms with Crippen molar-refractivity contribution in [2.45, 2.75) is 20.3 Å². The lowest BCUT2D eigenvalue weighted by molar-refractivity contribution is 0.455. The highest BCUT2D eigenvalue weighted by atomic mass is 127. The lowest BCUT2D eigenvalue weighted by Gasteiger charge is -2.00. The second kappa shape index (κ2) is 5.29. The maximum atomic E-state index is 12.1. The summed E-state index contributed by atoms with van der Waals surface area (Å²) in [4.78, 5) is 18.5. The molecule has 2 heterocycles. The molecule has 0 spiro atoms. The molecule has 3 aromatic rings. The van der Waals surface area contributed by atoms with Crippen molar-refractivity contribution in [2.24, 2.45) is 0 Å². The van der Waals surface area contributed by atoms with E-state index in [1.165, 1.54) is 3.57 Å². The largest absolute Gasteiger partial charge is 0.407 e. The van der Waals surface area contributed by atoms with E-state index in [1.54, 1.807) is 11.3 Å². The van der Waals surface area contributed by atoms with Crippen LogP contribution in [0.15, 0.2) is 33.5 Å². The van der Waals surface area contributed by atoms with Crippen LogP contribution >= 0.6 is 33.9 Å². The van der Waals surface area contributed by atoms with E-state index < -0.39 is 0 Å². The highest BCUT2D eigenvalue weighted by Gasteiger charge is 2.13. The zero-order valence-electron chi connectivity index (χ0n) is 11.1. The fraction of sp³-hybridized carbons (Fsp3) is 0.200. The average molecular weight is 397 g/mol. The van der Waals surface area contributed by atoms with E-state index in [9.17, 15) is 4.79 Å². The van der Waals surface area contributed by atoms with Gasteiger partial charge in [-0.25, -0.2) is 9.78 Å². The Morgan fingerprint density at radius 2 is 1.95 bits per heavy atom. The summed E-state index contributed by atoms with van der Waals surface area (Å²) in [7, 11) is 0. The first-order chi connectivity index (χ1) is 9.54. The number of rotatable bonds is 2. The topological polar surface area (TPSA) is 43.1 Å². The second-order valence-electron chi connectivity index (χ2n) is 4.66. The molecule has 0 atom stereocenters. The minimum absolute atomic E-state index is 0.280. The van der Waals surface area contributed by atoms with Gasteiger partial charge < -0.3 is 4.42 Å². The molecule has 0 aliphatic rings. The van der Waals surface area contributed by atoms with Gasteiger partial charge >= 0.3 is 5.63 Å². The number of hydrogen-bond acceptors (Lipinski definition) is 4. The Kier molecular flexibility index (Phi) is 3.64. The van der Waals surface area contributed by atoms with E-state index in [-0.39, 0.29) is 5.63 Å². The van der Waals surface area contributed by atoms with Gasteiger partial charge in [-0.05, 0) is 59.7 Å². The highest BCUT2D eigenvalue weighted by molar-refractivity contribution is 14.1. The molecule has 5 heteroatoms. The Morgan fingerprint density at radius 3 is 2.65 bits per heavy atom. The molecule has 0 bridgehead atoms. The predicted molar refractivity (Wildman–Crippen MR) is 89.6 cm³/mol. The molecule has 0 amide bonds. The van der Waals surface area contributed by atoms with Crippen LogP contribution in [0.3, 0.4) is 0 Å². The molecular formula is C15H12INO2S. The van der Waals surface area contributed by atoms with E-state index >= 15 is 0 Å². The molecule has 0 saturated heterocycles. The highest BCUT2D eigenvalue weighted by Crippen LogP contribution is 2.26. The van der Waals surface area contributed by atoms with Gasteiger partial charge in [0.2, 0.25) is 5.89 Å². The van der Waals surface area contributed by atoms with Gasteiger partial charge in [-0.2, -0.15) is 0 Å². The second-order valence-corrected chi connectivity index (χ2v) is 7.11. The van der Waals surface area contributed by atoms with Crippen LogP contribution in [0.5, 0.6) is 0 Å². The monoisotopic (exact) mass is 397 g/mol. The quantitative estimate of drug-likeness (QED) is 0.613. The maximum Gasteiger partial charge on any atom is 0.348 e. The van der Waals surface area contributed by atoms with Gasteiger partial charge in [-0.3, -0.25) is 0 Å². The van der Waals surface area contributed by atoms with Crippen molar-refractivity contribution in [3.8, 4) is 0 Å². The minimum Gasteiger partial charge on any atom is -0.407 e. The average Bonchev–Trinajstić information content (AvgIpc) is 2.68. The van der Waals surface area contributed by atoms with Crippen LogP contribution < -0.4 is 5.63 Å². The zero-order chi connectivity index (χ0) is 14.3. The predicted octanol–water partition coefficient (Wildman–Crippen LogP) is 4.06. The van der Waals surface area contributed by atoms with Crippen LogP contribution in [0.2, 0.25) is 0 Å². The van der Waals surface area contributed by atoms with Crippen LogP contribution in [-0.4, -0.2) is 4.98 Å². The molecule has 1 aromatic carbocycles. The molecule has 102 valence electrons. The van der Waals surface area contributed by atoms with E-state index in [4.69, 9.17) is 4.42 Å². The molecule has 0 aliphatic carbocycles. The van der Waals surface area contributed by atoms with Crippen LogP contribution in [0.25, 0.3) is 10.2 Å². The Labute approximate surface area is 133 Å². The molecule has 0 saturated carbocycles. The summed E-state index contributed by atoms with van der Waals surface area (Å²) in [5, 5.41) is 0.624. The Morgan fingerprint density at radius 1 is 1.25 bits per heavy atom. The summed E-state index contributed by atoms with van der Waals surface area (Å²) in [5.74, 6) is 0.477. The summed E-state index contributed by atoms with van der Waals surface area (Å²) < 4.78 is 6.54. The summed E-state index contributed by atoms with van der Waals surface area (Å²) >= 11 is 3.81. The number of halogens is 1. The van der Waals surface area contributed by atoms with Gasteiger partial charge in [0, 0.05) is 14.9 Å². The van der Waals surface area contributed by atoms with Crippen molar-refractivity contribution in [3.05, 3.63) is 60.2 Å². The van der Waals surface area contributed by atoms with E-state index in [2.05, 4.69) is 27.6 Å². The zero-order valence-corrected chi connectivity index (χ0v) is 14.0. The summed E-state index contributed by atoms with van der Waals surface area (Å²) in [6, 6.07) is 8.12. The normalized spacial score (nSPS) is 11.2. The fourth-order valence-corrected chi connectivity index (χ4v) is 3.47. The van der Waals surface area contributed by atoms with Gasteiger partial charge in [0.05, 0.1) is 0 Å². The number of fused-ring (bicyclic) bond motifs is 1. The van der Waals surface area contributed by atoms with E-state index in [0.29, 0.717) is 17.7 Å². The SMILES string of the molecule is Cc1sc2nc(Cc3ccc(I)cc3)oc(=O)c2c1C. The molecule has 0 aliphatic heterocycles. The van der Waals surface area contributed by atoms with Crippen molar-refractivity contribution >= 4 is 44.1 Å². The number of benzene rings is 1. The summed E-state index contributed by atoms with van der Waals surface area (Å²) in [5.41, 5.74) is 1.79. The standard InChI is InChI=1S/C15H12INO2S/c1-8-9(2)20-14-13(8)15(18)19-12(17-14)7-10-3-5-11(16)6-4-10/h3-6H,7H2,1-2H3. The fourth-order valence-electron chi connectivity index (χ4n) is 2.07. The minimum atomic E-state index is -0.280. The Hall–Kier alpha value is -1.21. The molecule has 3 nitrogen and oxygen atoms in total. The lowest BCUT2D eigenvalue weighted by atomic mass is 10.1. The van der Waals surface area contributed by atoms with Crippen LogP contribution in [0, 0.1) is 17.4 Å². The van der Waals surface area contributed by atoms with Gasteiger partial charge in [0.1, 0.15) is 10.2 Å². The molecule has 0 radical (unpaired) electrons. The first-order valence-corrected chi connectivity index (χ1v) is 8.08. The molecule has 0 unspecified atom stereocenters. The first kappa shape index (κ1) is 13.8. The van der Waals surface area contributed by atoms with Crippen molar-refractivity contribution < 1.29 is 4.42 Å². The number of aromatic nitrogens is 1. The third-order valence-electron chi connectivity index (χ3n) is 3.28. The van der Waals surface area contributed by atoms with Gasteiger partial charge in [-0.1, -0.05) is 12.1 Å². The molecule has 0 fully saturated rings.